The molecule has 2 heterocycles. The summed E-state index contributed by atoms with van der Waals surface area (Å²) in [5.74, 6) is 2.26. The maximum atomic E-state index is 4.22. The van der Waals surface area contributed by atoms with E-state index in [0.29, 0.717) is 5.82 Å². The van der Waals surface area contributed by atoms with Gasteiger partial charge in [0.2, 0.25) is 0 Å². The van der Waals surface area contributed by atoms with E-state index in [1.807, 2.05) is 13.8 Å². The molecule has 0 unspecified atom stereocenters. The summed E-state index contributed by atoms with van der Waals surface area (Å²) in [4.78, 5) is 12.2. The van der Waals surface area contributed by atoms with Crippen LogP contribution in [0.5, 0.6) is 0 Å². The van der Waals surface area contributed by atoms with E-state index in [1.165, 1.54) is 6.33 Å². The van der Waals surface area contributed by atoms with E-state index in [4.69, 9.17) is 0 Å². The summed E-state index contributed by atoms with van der Waals surface area (Å²) in [5.41, 5.74) is 0. The molecule has 0 atom stereocenters. The van der Waals surface area contributed by atoms with Gasteiger partial charge in [0.25, 0.3) is 0 Å². The predicted molar refractivity (Wildman–Crippen MR) is 54.1 cm³/mol. The van der Waals surface area contributed by atoms with Crippen LogP contribution in [0.4, 0.5) is 0 Å². The van der Waals surface area contributed by atoms with Gasteiger partial charge in [-0.3, -0.25) is 0 Å². The van der Waals surface area contributed by atoms with Crippen LogP contribution in [0.2, 0.25) is 0 Å². The van der Waals surface area contributed by atoms with Crippen LogP contribution in [0.1, 0.15) is 11.6 Å². The Hall–Kier alpha value is -1.30. The molecule has 0 spiro atoms. The Bertz CT molecular complexity index is 465. The number of aryl methyl sites for hydroxylation is 2. The van der Waals surface area contributed by atoms with Crippen molar-refractivity contribution in [3.05, 3.63) is 28.6 Å². The smallest absolute Gasteiger partial charge is 0.160 e. The van der Waals surface area contributed by atoms with Crippen LogP contribution in [0.3, 0.4) is 0 Å². The molecule has 0 bridgehead atoms. The molecular formula is C8H8BrN5. The van der Waals surface area contributed by atoms with E-state index in [1.54, 1.807) is 10.7 Å². The normalized spacial score (nSPS) is 10.5. The Morgan fingerprint density at radius 3 is 2.64 bits per heavy atom. The lowest BCUT2D eigenvalue weighted by atomic mass is 10.5. The van der Waals surface area contributed by atoms with Crippen molar-refractivity contribution in [2.45, 2.75) is 13.8 Å². The highest BCUT2D eigenvalue weighted by molar-refractivity contribution is 9.10. The van der Waals surface area contributed by atoms with Crippen LogP contribution in [-0.4, -0.2) is 24.7 Å². The molecule has 14 heavy (non-hydrogen) atoms. The molecule has 0 aliphatic carbocycles. The molecule has 0 aliphatic rings. The zero-order valence-electron chi connectivity index (χ0n) is 7.77. The lowest BCUT2D eigenvalue weighted by Gasteiger charge is -2.00. The van der Waals surface area contributed by atoms with Gasteiger partial charge in [0.1, 0.15) is 22.6 Å². The SMILES string of the molecule is Cc1nc(C)n(-c2cc(Br)ncn2)n1. The Balaban J connectivity index is 2.54. The maximum Gasteiger partial charge on any atom is 0.160 e. The van der Waals surface area contributed by atoms with Crippen molar-refractivity contribution in [1.29, 1.82) is 0 Å². The Labute approximate surface area is 89.4 Å². The molecule has 0 amide bonds. The topological polar surface area (TPSA) is 56.5 Å². The molecule has 0 aliphatic heterocycles. The fourth-order valence-electron chi connectivity index (χ4n) is 1.18. The first-order valence-corrected chi connectivity index (χ1v) is 4.84. The molecule has 72 valence electrons. The third kappa shape index (κ3) is 1.65. The van der Waals surface area contributed by atoms with Gasteiger partial charge in [-0.25, -0.2) is 15.0 Å². The summed E-state index contributed by atoms with van der Waals surface area (Å²) in [6, 6.07) is 1.79. The van der Waals surface area contributed by atoms with E-state index >= 15 is 0 Å². The molecule has 2 rings (SSSR count). The van der Waals surface area contributed by atoms with Crippen LogP contribution < -0.4 is 0 Å². The highest BCUT2D eigenvalue weighted by Crippen LogP contribution is 2.10. The summed E-state index contributed by atoms with van der Waals surface area (Å²) in [6.45, 7) is 3.73. The number of halogens is 1. The van der Waals surface area contributed by atoms with Gasteiger partial charge < -0.3 is 0 Å². The molecule has 2 aromatic rings. The average molecular weight is 254 g/mol. The third-order valence-corrected chi connectivity index (χ3v) is 2.14. The van der Waals surface area contributed by atoms with Gasteiger partial charge in [-0.1, -0.05) is 0 Å². The second-order valence-electron chi connectivity index (χ2n) is 2.82. The molecule has 2 aromatic heterocycles. The van der Waals surface area contributed by atoms with Crippen molar-refractivity contribution in [1.82, 2.24) is 24.7 Å². The first-order chi connectivity index (χ1) is 6.66. The Morgan fingerprint density at radius 1 is 1.29 bits per heavy atom. The lowest BCUT2D eigenvalue weighted by molar-refractivity contribution is 0.796. The highest BCUT2D eigenvalue weighted by Gasteiger charge is 2.06. The monoisotopic (exact) mass is 253 g/mol. The summed E-state index contributed by atoms with van der Waals surface area (Å²) in [6.07, 6.45) is 1.48. The number of aromatic nitrogens is 5. The predicted octanol–water partition coefficient (Wildman–Crippen LogP) is 1.44. The molecule has 0 fully saturated rings. The second kappa shape index (κ2) is 3.45. The molecule has 0 N–H and O–H groups in total. The molecule has 0 saturated heterocycles. The fraction of sp³-hybridized carbons (Fsp3) is 0.250. The maximum absolute atomic E-state index is 4.22. The molecule has 0 saturated carbocycles. The van der Waals surface area contributed by atoms with E-state index < -0.39 is 0 Å². The Morgan fingerprint density at radius 2 is 2.07 bits per heavy atom. The van der Waals surface area contributed by atoms with E-state index in [2.05, 4.69) is 36.0 Å². The van der Waals surface area contributed by atoms with Gasteiger partial charge in [0.15, 0.2) is 5.82 Å². The summed E-state index contributed by atoms with van der Waals surface area (Å²) in [7, 11) is 0. The third-order valence-electron chi connectivity index (χ3n) is 1.71. The number of hydrogen-bond donors (Lipinski definition) is 0. The summed E-state index contributed by atoms with van der Waals surface area (Å²) in [5, 5.41) is 4.22. The van der Waals surface area contributed by atoms with E-state index in [9.17, 15) is 0 Å². The van der Waals surface area contributed by atoms with Crippen molar-refractivity contribution in [2.24, 2.45) is 0 Å². The van der Waals surface area contributed by atoms with Crippen molar-refractivity contribution in [3.63, 3.8) is 0 Å². The van der Waals surface area contributed by atoms with Crippen LogP contribution >= 0.6 is 15.9 Å². The summed E-state index contributed by atoms with van der Waals surface area (Å²) < 4.78 is 2.41. The van der Waals surface area contributed by atoms with Crippen LogP contribution in [0.25, 0.3) is 5.82 Å². The molecule has 0 aromatic carbocycles. The fourth-order valence-corrected chi connectivity index (χ4v) is 1.47. The van der Waals surface area contributed by atoms with Gasteiger partial charge >= 0.3 is 0 Å². The first-order valence-electron chi connectivity index (χ1n) is 4.05. The van der Waals surface area contributed by atoms with Crippen LogP contribution in [0, 0.1) is 13.8 Å². The quantitative estimate of drug-likeness (QED) is 0.722. The van der Waals surface area contributed by atoms with Crippen molar-refractivity contribution >= 4 is 15.9 Å². The molecule has 6 heteroatoms. The zero-order chi connectivity index (χ0) is 10.1. The minimum Gasteiger partial charge on any atom is -0.229 e. The zero-order valence-corrected chi connectivity index (χ0v) is 9.35. The van der Waals surface area contributed by atoms with Crippen molar-refractivity contribution in [3.8, 4) is 5.82 Å². The largest absolute Gasteiger partial charge is 0.229 e. The first kappa shape index (κ1) is 9.26. The van der Waals surface area contributed by atoms with E-state index in [-0.39, 0.29) is 0 Å². The average Bonchev–Trinajstić information content (AvgIpc) is 2.45. The standard InChI is InChI=1S/C8H8BrN5/c1-5-12-6(2)14(13-5)8-3-7(9)10-4-11-8/h3-4H,1-2H3. The highest BCUT2D eigenvalue weighted by atomic mass is 79.9. The van der Waals surface area contributed by atoms with Crippen molar-refractivity contribution < 1.29 is 0 Å². The van der Waals surface area contributed by atoms with Gasteiger partial charge in [0.05, 0.1) is 0 Å². The lowest BCUT2D eigenvalue weighted by Crippen LogP contribution is -2.02. The van der Waals surface area contributed by atoms with E-state index in [0.717, 1.165) is 16.3 Å². The second-order valence-corrected chi connectivity index (χ2v) is 3.63. The molecule has 0 radical (unpaired) electrons. The van der Waals surface area contributed by atoms with Crippen molar-refractivity contribution in [2.75, 3.05) is 0 Å². The van der Waals surface area contributed by atoms with Crippen LogP contribution in [0.15, 0.2) is 17.0 Å². The van der Waals surface area contributed by atoms with Gasteiger partial charge in [-0.2, -0.15) is 4.68 Å². The Kier molecular flexibility index (Phi) is 2.28. The van der Waals surface area contributed by atoms with Gasteiger partial charge in [-0.15, -0.1) is 5.10 Å². The van der Waals surface area contributed by atoms with Crippen LogP contribution in [-0.2, 0) is 0 Å². The number of hydrogen-bond acceptors (Lipinski definition) is 4. The minimum atomic E-state index is 0.713. The summed E-state index contributed by atoms with van der Waals surface area (Å²) >= 11 is 3.28. The number of nitrogens with zero attached hydrogens (tertiary/aromatic N) is 5. The minimum absolute atomic E-state index is 0.713. The molecule has 5 nitrogen and oxygen atoms in total. The van der Waals surface area contributed by atoms with Gasteiger partial charge in [-0.05, 0) is 29.8 Å². The molecular weight excluding hydrogens is 246 g/mol. The van der Waals surface area contributed by atoms with Gasteiger partial charge in [0, 0.05) is 6.07 Å². The number of rotatable bonds is 1.